The maximum absolute atomic E-state index is 4.35. The van der Waals surface area contributed by atoms with E-state index in [1.165, 1.54) is 35.2 Å². The maximum Gasteiger partial charge on any atom is 0.0743 e. The lowest BCUT2D eigenvalue weighted by Crippen LogP contribution is -2.00. The van der Waals surface area contributed by atoms with Gasteiger partial charge in [-0.05, 0) is 31.4 Å². The molecule has 0 aromatic carbocycles. The van der Waals surface area contributed by atoms with Crippen molar-refractivity contribution >= 4 is 11.2 Å². The van der Waals surface area contributed by atoms with Crippen LogP contribution in [0.3, 0.4) is 0 Å². The Morgan fingerprint density at radius 2 is 2.25 bits per heavy atom. The number of nitrogens with one attached hydrogen (secondary N) is 1. The molecule has 0 aliphatic rings. The Balaban J connectivity index is 2.57. The number of aromatic nitrogens is 2. The summed E-state index contributed by atoms with van der Waals surface area (Å²) in [5, 5.41) is 7.62. The molecule has 1 N–H and O–H groups in total. The molecule has 0 saturated heterocycles. The Bertz CT molecular complexity index is 485. The van der Waals surface area contributed by atoms with Gasteiger partial charge in [0.15, 0.2) is 0 Å². The molecule has 0 aliphatic heterocycles. The molecule has 2 rings (SSSR count). The Kier molecular flexibility index (Phi) is 3.13. The number of pyridine rings is 1. The predicted octanol–water partition coefficient (Wildman–Crippen LogP) is 3.03. The number of hydrogen-bond acceptors (Lipinski definition) is 2. The zero-order valence-corrected chi connectivity index (χ0v) is 10.2. The van der Waals surface area contributed by atoms with Crippen molar-refractivity contribution in [2.24, 2.45) is 0 Å². The van der Waals surface area contributed by atoms with Crippen molar-refractivity contribution in [3.63, 3.8) is 0 Å². The minimum Gasteiger partial charge on any atom is -0.388 e. The molecule has 0 aliphatic carbocycles. The number of anilines is 1. The molecule has 0 spiro atoms. The summed E-state index contributed by atoms with van der Waals surface area (Å²) in [5.41, 5.74) is 5.13. The lowest BCUT2D eigenvalue weighted by molar-refractivity contribution is 0.794. The van der Waals surface area contributed by atoms with Crippen molar-refractivity contribution < 1.29 is 0 Å². The topological polar surface area (TPSA) is 29.3 Å². The number of hydrogen-bond donors (Lipinski definition) is 1. The molecule has 0 bridgehead atoms. The Hall–Kier alpha value is -1.51. The van der Waals surface area contributed by atoms with E-state index in [9.17, 15) is 0 Å². The van der Waals surface area contributed by atoms with Gasteiger partial charge < -0.3 is 5.32 Å². The lowest BCUT2D eigenvalue weighted by Gasteiger charge is -2.11. The van der Waals surface area contributed by atoms with Crippen molar-refractivity contribution in [1.29, 1.82) is 0 Å². The van der Waals surface area contributed by atoms with E-state index in [-0.39, 0.29) is 0 Å². The van der Waals surface area contributed by atoms with Crippen LogP contribution in [-0.4, -0.2) is 16.7 Å². The highest BCUT2D eigenvalue weighted by molar-refractivity contribution is 5.70. The van der Waals surface area contributed by atoms with Crippen LogP contribution < -0.4 is 5.32 Å². The fourth-order valence-electron chi connectivity index (χ4n) is 2.15. The first-order chi connectivity index (χ1) is 7.77. The van der Waals surface area contributed by atoms with E-state index >= 15 is 0 Å². The zero-order chi connectivity index (χ0) is 11.5. The molecule has 0 amide bonds. The number of unbranched alkanes of at least 4 members (excludes halogenated alkanes) is 1. The van der Waals surface area contributed by atoms with Gasteiger partial charge in [-0.2, -0.15) is 5.10 Å². The summed E-state index contributed by atoms with van der Waals surface area (Å²) in [4.78, 5) is 0. The molecule has 3 heteroatoms. The van der Waals surface area contributed by atoms with E-state index in [0.717, 1.165) is 6.42 Å². The van der Waals surface area contributed by atoms with Crippen LogP contribution in [0.25, 0.3) is 5.52 Å². The Morgan fingerprint density at radius 1 is 1.44 bits per heavy atom. The van der Waals surface area contributed by atoms with E-state index in [1.807, 2.05) is 24.0 Å². The number of fused-ring (bicyclic) bond motifs is 1. The molecule has 16 heavy (non-hydrogen) atoms. The second-order valence-electron chi connectivity index (χ2n) is 4.18. The van der Waals surface area contributed by atoms with Gasteiger partial charge in [0.25, 0.3) is 0 Å². The largest absolute Gasteiger partial charge is 0.388 e. The molecule has 0 atom stereocenters. The van der Waals surface area contributed by atoms with Gasteiger partial charge in [0, 0.05) is 24.5 Å². The first-order valence-electron chi connectivity index (χ1n) is 5.91. The average molecular weight is 217 g/mol. The van der Waals surface area contributed by atoms with Gasteiger partial charge in [-0.15, -0.1) is 0 Å². The molecule has 0 unspecified atom stereocenters. The lowest BCUT2D eigenvalue weighted by atomic mass is 10.0. The quantitative estimate of drug-likeness (QED) is 0.853. The number of aryl methyl sites for hydroxylation is 2. The van der Waals surface area contributed by atoms with Crippen molar-refractivity contribution in [1.82, 2.24) is 9.61 Å². The molecule has 3 nitrogen and oxygen atoms in total. The third-order valence-corrected chi connectivity index (χ3v) is 3.02. The van der Waals surface area contributed by atoms with Crippen molar-refractivity contribution in [3.05, 3.63) is 29.6 Å². The third-order valence-electron chi connectivity index (χ3n) is 3.02. The fourth-order valence-corrected chi connectivity index (χ4v) is 2.15. The second-order valence-corrected chi connectivity index (χ2v) is 4.18. The molecule has 0 radical (unpaired) electrons. The number of nitrogens with zero attached hydrogens (tertiary/aromatic N) is 2. The normalized spacial score (nSPS) is 10.9. The van der Waals surface area contributed by atoms with Crippen LogP contribution >= 0.6 is 0 Å². The zero-order valence-electron chi connectivity index (χ0n) is 10.2. The van der Waals surface area contributed by atoms with Crippen LogP contribution in [-0.2, 0) is 6.42 Å². The Labute approximate surface area is 96.5 Å². The summed E-state index contributed by atoms with van der Waals surface area (Å²) in [6, 6.07) is 2.10. The van der Waals surface area contributed by atoms with Gasteiger partial charge in [-0.1, -0.05) is 13.3 Å². The Morgan fingerprint density at radius 3 is 2.94 bits per heavy atom. The first-order valence-corrected chi connectivity index (χ1v) is 5.91. The van der Waals surface area contributed by atoms with Crippen molar-refractivity contribution in [2.75, 3.05) is 12.4 Å². The predicted molar refractivity (Wildman–Crippen MR) is 68.1 cm³/mol. The molecular formula is C13H19N3. The van der Waals surface area contributed by atoms with Gasteiger partial charge in [-0.25, -0.2) is 4.52 Å². The summed E-state index contributed by atoms with van der Waals surface area (Å²) < 4.78 is 1.97. The highest BCUT2D eigenvalue weighted by atomic mass is 15.2. The van der Waals surface area contributed by atoms with Gasteiger partial charge in [0.05, 0.1) is 11.7 Å². The summed E-state index contributed by atoms with van der Waals surface area (Å²) in [6.07, 6.45) is 7.51. The summed E-state index contributed by atoms with van der Waals surface area (Å²) >= 11 is 0. The molecule has 0 saturated carbocycles. The van der Waals surface area contributed by atoms with Gasteiger partial charge in [0.2, 0.25) is 0 Å². The smallest absolute Gasteiger partial charge is 0.0743 e. The van der Waals surface area contributed by atoms with Crippen LogP contribution in [0.15, 0.2) is 18.5 Å². The SMILES string of the molecule is CCCCc1c(NC)ccn2ncc(C)c12. The molecular weight excluding hydrogens is 198 g/mol. The van der Waals surface area contributed by atoms with Crippen LogP contribution in [0, 0.1) is 6.92 Å². The molecule has 2 aromatic rings. The standard InChI is InChI=1S/C13H19N3/c1-4-5-6-11-12(14-3)7-8-16-13(11)10(2)9-15-16/h7-9,14H,4-6H2,1-3H3. The summed E-state index contributed by atoms with van der Waals surface area (Å²) in [7, 11) is 1.98. The van der Waals surface area contributed by atoms with Crippen LogP contribution in [0.1, 0.15) is 30.9 Å². The highest BCUT2D eigenvalue weighted by Gasteiger charge is 2.09. The molecule has 86 valence electrons. The van der Waals surface area contributed by atoms with Crippen LogP contribution in [0.4, 0.5) is 5.69 Å². The molecule has 0 fully saturated rings. The first kappa shape index (κ1) is 11.0. The maximum atomic E-state index is 4.35. The number of rotatable bonds is 4. The monoisotopic (exact) mass is 217 g/mol. The van der Waals surface area contributed by atoms with Gasteiger partial charge >= 0.3 is 0 Å². The minimum absolute atomic E-state index is 1.11. The third kappa shape index (κ3) is 1.77. The van der Waals surface area contributed by atoms with Gasteiger partial charge in [0.1, 0.15) is 0 Å². The van der Waals surface area contributed by atoms with Crippen molar-refractivity contribution in [2.45, 2.75) is 33.1 Å². The average Bonchev–Trinajstić information content (AvgIpc) is 2.68. The van der Waals surface area contributed by atoms with Crippen molar-refractivity contribution in [3.8, 4) is 0 Å². The summed E-state index contributed by atoms with van der Waals surface area (Å²) in [6.45, 7) is 4.35. The highest BCUT2D eigenvalue weighted by Crippen LogP contribution is 2.25. The second kappa shape index (κ2) is 4.56. The molecule has 2 heterocycles. The van der Waals surface area contributed by atoms with E-state index in [2.05, 4.69) is 30.3 Å². The van der Waals surface area contributed by atoms with E-state index in [0.29, 0.717) is 0 Å². The van der Waals surface area contributed by atoms with Crippen LogP contribution in [0.2, 0.25) is 0 Å². The van der Waals surface area contributed by atoms with Crippen LogP contribution in [0.5, 0.6) is 0 Å². The molecule has 2 aromatic heterocycles. The van der Waals surface area contributed by atoms with E-state index in [1.54, 1.807) is 0 Å². The van der Waals surface area contributed by atoms with E-state index in [4.69, 9.17) is 0 Å². The van der Waals surface area contributed by atoms with Gasteiger partial charge in [-0.3, -0.25) is 0 Å². The minimum atomic E-state index is 1.11. The summed E-state index contributed by atoms with van der Waals surface area (Å²) in [5.74, 6) is 0. The fraction of sp³-hybridized carbons (Fsp3) is 0.462. The van der Waals surface area contributed by atoms with E-state index < -0.39 is 0 Å².